The third-order valence-corrected chi connectivity index (χ3v) is 5.56. The van der Waals surface area contributed by atoms with Gasteiger partial charge in [-0.1, -0.05) is 19.3 Å². The Hall–Kier alpha value is -3.02. The molecule has 1 heterocycles. The quantitative estimate of drug-likeness (QED) is 0.807. The normalized spacial score (nSPS) is 17.0. The van der Waals surface area contributed by atoms with Gasteiger partial charge in [0.05, 0.1) is 11.1 Å². The molecule has 1 saturated carbocycles. The Balaban J connectivity index is 1.58. The molecule has 1 aliphatic carbocycles. The summed E-state index contributed by atoms with van der Waals surface area (Å²) in [6.45, 7) is 1.70. The number of carbonyl (C=O) groups is 3. The van der Waals surface area contributed by atoms with Crippen molar-refractivity contribution >= 4 is 23.4 Å². The van der Waals surface area contributed by atoms with E-state index in [4.69, 9.17) is 0 Å². The number of nitrogens with zero attached hydrogens (tertiary/aromatic N) is 1. The summed E-state index contributed by atoms with van der Waals surface area (Å²) in [5.41, 5.74) is 2.01. The highest BCUT2D eigenvalue weighted by Gasteiger charge is 2.40. The van der Waals surface area contributed by atoms with Crippen molar-refractivity contribution in [1.82, 2.24) is 4.90 Å². The first kappa shape index (κ1) is 18.3. The molecule has 1 fully saturated rings. The average molecular weight is 380 g/mol. The maximum atomic E-state index is 13.2. The van der Waals surface area contributed by atoms with Gasteiger partial charge in [0.25, 0.3) is 17.7 Å². The number of aryl methyl sites for hydroxylation is 1. The molecule has 0 saturated heterocycles. The van der Waals surface area contributed by atoms with Crippen molar-refractivity contribution in [2.24, 2.45) is 0 Å². The highest BCUT2D eigenvalue weighted by atomic mass is 19.1. The number of amides is 3. The summed E-state index contributed by atoms with van der Waals surface area (Å²) >= 11 is 0. The van der Waals surface area contributed by atoms with Crippen LogP contribution in [0.1, 0.15) is 68.7 Å². The van der Waals surface area contributed by atoms with Gasteiger partial charge >= 0.3 is 0 Å². The van der Waals surface area contributed by atoms with Gasteiger partial charge in [-0.3, -0.25) is 19.3 Å². The van der Waals surface area contributed by atoms with Crippen molar-refractivity contribution in [2.75, 3.05) is 5.32 Å². The second-order valence-corrected chi connectivity index (χ2v) is 7.45. The van der Waals surface area contributed by atoms with E-state index in [9.17, 15) is 18.8 Å². The van der Waals surface area contributed by atoms with Gasteiger partial charge in [-0.2, -0.15) is 0 Å². The highest BCUT2D eigenvalue weighted by molar-refractivity contribution is 6.22. The molecule has 3 amide bonds. The highest BCUT2D eigenvalue weighted by Crippen LogP contribution is 2.31. The van der Waals surface area contributed by atoms with Crippen LogP contribution in [-0.4, -0.2) is 28.7 Å². The predicted molar refractivity (Wildman–Crippen MR) is 103 cm³/mol. The molecule has 0 atom stereocenters. The molecule has 0 spiro atoms. The molecule has 2 aliphatic rings. The van der Waals surface area contributed by atoms with Gasteiger partial charge in [-0.25, -0.2) is 4.39 Å². The number of fused-ring (bicyclic) bond motifs is 1. The molecule has 1 aliphatic heterocycles. The number of anilines is 1. The van der Waals surface area contributed by atoms with E-state index < -0.39 is 5.91 Å². The van der Waals surface area contributed by atoms with Crippen LogP contribution in [0, 0.1) is 12.7 Å². The second-order valence-electron chi connectivity index (χ2n) is 7.45. The molecular formula is C22H21FN2O3. The van der Waals surface area contributed by atoms with Crippen LogP contribution in [0.3, 0.4) is 0 Å². The first-order valence-electron chi connectivity index (χ1n) is 9.55. The minimum atomic E-state index is -0.408. The number of imide groups is 1. The Morgan fingerprint density at radius 3 is 2.43 bits per heavy atom. The summed E-state index contributed by atoms with van der Waals surface area (Å²) in [4.78, 5) is 39.6. The van der Waals surface area contributed by atoms with Crippen LogP contribution in [0.25, 0.3) is 0 Å². The molecule has 28 heavy (non-hydrogen) atoms. The van der Waals surface area contributed by atoms with Crippen molar-refractivity contribution in [3.8, 4) is 0 Å². The summed E-state index contributed by atoms with van der Waals surface area (Å²) in [6, 6.07) is 8.62. The largest absolute Gasteiger partial charge is 0.322 e. The van der Waals surface area contributed by atoms with Gasteiger partial charge in [0, 0.05) is 17.3 Å². The fourth-order valence-electron chi connectivity index (χ4n) is 4.03. The molecule has 6 heteroatoms. The average Bonchev–Trinajstić information content (AvgIpc) is 2.94. The lowest BCUT2D eigenvalue weighted by Gasteiger charge is -2.29. The Labute approximate surface area is 162 Å². The third kappa shape index (κ3) is 3.19. The van der Waals surface area contributed by atoms with Crippen LogP contribution in [0.2, 0.25) is 0 Å². The van der Waals surface area contributed by atoms with Gasteiger partial charge in [0.1, 0.15) is 5.82 Å². The monoisotopic (exact) mass is 380 g/mol. The Morgan fingerprint density at radius 1 is 1.00 bits per heavy atom. The van der Waals surface area contributed by atoms with Crippen LogP contribution in [-0.2, 0) is 0 Å². The Bertz CT molecular complexity index is 980. The van der Waals surface area contributed by atoms with E-state index in [2.05, 4.69) is 5.32 Å². The maximum Gasteiger partial charge on any atom is 0.261 e. The molecular weight excluding hydrogens is 359 g/mol. The van der Waals surface area contributed by atoms with E-state index in [1.54, 1.807) is 19.1 Å². The minimum absolute atomic E-state index is 0.0553. The summed E-state index contributed by atoms with van der Waals surface area (Å²) in [6.07, 6.45) is 4.84. The molecule has 144 valence electrons. The zero-order valence-electron chi connectivity index (χ0n) is 15.6. The zero-order valence-corrected chi connectivity index (χ0v) is 15.6. The van der Waals surface area contributed by atoms with Crippen molar-refractivity contribution in [2.45, 2.75) is 45.1 Å². The van der Waals surface area contributed by atoms with E-state index in [1.165, 1.54) is 29.2 Å². The summed E-state index contributed by atoms with van der Waals surface area (Å²) in [5, 5.41) is 2.73. The number of nitrogens with one attached hydrogen (secondary N) is 1. The molecule has 2 aromatic rings. The topological polar surface area (TPSA) is 66.5 Å². The molecule has 5 nitrogen and oxygen atoms in total. The van der Waals surface area contributed by atoms with Crippen LogP contribution in [0.5, 0.6) is 0 Å². The number of benzene rings is 2. The van der Waals surface area contributed by atoms with E-state index in [1.807, 2.05) is 0 Å². The molecule has 0 radical (unpaired) electrons. The van der Waals surface area contributed by atoms with Crippen LogP contribution in [0.4, 0.5) is 10.1 Å². The first-order valence-corrected chi connectivity index (χ1v) is 9.55. The fraction of sp³-hybridized carbons (Fsp3) is 0.318. The van der Waals surface area contributed by atoms with E-state index in [0.29, 0.717) is 16.8 Å². The third-order valence-electron chi connectivity index (χ3n) is 5.56. The molecule has 4 rings (SSSR count). The molecule has 0 bridgehead atoms. The summed E-state index contributed by atoms with van der Waals surface area (Å²) in [7, 11) is 0. The number of carbonyl (C=O) groups excluding carboxylic acids is 3. The van der Waals surface area contributed by atoms with Crippen LogP contribution < -0.4 is 5.32 Å². The lowest BCUT2D eigenvalue weighted by Crippen LogP contribution is -2.40. The van der Waals surface area contributed by atoms with Gasteiger partial charge in [-0.05, 0) is 61.7 Å². The van der Waals surface area contributed by atoms with Crippen LogP contribution >= 0.6 is 0 Å². The Morgan fingerprint density at radius 2 is 1.71 bits per heavy atom. The predicted octanol–water partition coefficient (Wildman–Crippen LogP) is 4.32. The van der Waals surface area contributed by atoms with Gasteiger partial charge in [0.15, 0.2) is 0 Å². The van der Waals surface area contributed by atoms with E-state index >= 15 is 0 Å². The number of halogens is 1. The number of hydrogen-bond donors (Lipinski definition) is 1. The van der Waals surface area contributed by atoms with Gasteiger partial charge < -0.3 is 5.32 Å². The second kappa shape index (κ2) is 7.19. The van der Waals surface area contributed by atoms with Crippen molar-refractivity contribution < 1.29 is 18.8 Å². The lowest BCUT2D eigenvalue weighted by atomic mass is 9.94. The van der Waals surface area contributed by atoms with Crippen molar-refractivity contribution in [3.05, 3.63) is 64.5 Å². The van der Waals surface area contributed by atoms with Gasteiger partial charge in [-0.15, -0.1) is 0 Å². The fourth-order valence-corrected chi connectivity index (χ4v) is 4.03. The number of hydrogen-bond acceptors (Lipinski definition) is 3. The molecule has 0 unspecified atom stereocenters. The first-order chi connectivity index (χ1) is 13.5. The minimum Gasteiger partial charge on any atom is -0.322 e. The summed E-state index contributed by atoms with van der Waals surface area (Å²) < 4.78 is 13.2. The lowest BCUT2D eigenvalue weighted by molar-refractivity contribution is 0.0549. The maximum absolute atomic E-state index is 13.2. The molecule has 1 N–H and O–H groups in total. The smallest absolute Gasteiger partial charge is 0.261 e. The Kier molecular flexibility index (Phi) is 4.71. The molecule has 0 aromatic heterocycles. The van der Waals surface area contributed by atoms with Crippen molar-refractivity contribution in [1.29, 1.82) is 0 Å². The summed E-state index contributed by atoms with van der Waals surface area (Å²) in [5.74, 6) is -1.37. The SMILES string of the molecule is Cc1cc(F)ccc1NC(=O)c1ccc2c(c1)C(=O)N(C1CCCCC1)C2=O. The van der Waals surface area contributed by atoms with E-state index in [0.717, 1.165) is 32.1 Å². The zero-order chi connectivity index (χ0) is 19.8. The van der Waals surface area contributed by atoms with Crippen molar-refractivity contribution in [3.63, 3.8) is 0 Å². The van der Waals surface area contributed by atoms with E-state index in [-0.39, 0.29) is 34.8 Å². The standard InChI is InChI=1S/C22H21FN2O3/c1-13-11-15(23)8-10-19(13)24-20(26)14-7-9-17-18(12-14)22(28)25(21(17)27)16-5-3-2-4-6-16/h7-12,16H,2-6H2,1H3,(H,24,26). The van der Waals surface area contributed by atoms with Crippen LogP contribution in [0.15, 0.2) is 36.4 Å². The number of rotatable bonds is 3. The molecule has 2 aromatic carbocycles. The van der Waals surface area contributed by atoms with Gasteiger partial charge in [0.2, 0.25) is 0 Å².